The zero-order chi connectivity index (χ0) is 22.2. The van der Waals surface area contributed by atoms with Gasteiger partial charge >= 0.3 is 0 Å². The van der Waals surface area contributed by atoms with Crippen molar-refractivity contribution in [1.82, 2.24) is 24.6 Å². The molecule has 1 aromatic rings. The van der Waals surface area contributed by atoms with Gasteiger partial charge in [-0.25, -0.2) is 0 Å². The molecule has 1 aromatic carbocycles. The summed E-state index contributed by atoms with van der Waals surface area (Å²) in [4.78, 5) is 37.9. The van der Waals surface area contributed by atoms with Gasteiger partial charge in [0, 0.05) is 38.2 Å². The molecular weight excluding hydrogens is 422 g/mol. The third kappa shape index (κ3) is 4.49. The quantitative estimate of drug-likeness (QED) is 0.501. The maximum Gasteiger partial charge on any atom is 0.279 e. The Morgan fingerprint density at radius 2 is 1.90 bits per heavy atom. The summed E-state index contributed by atoms with van der Waals surface area (Å²) in [5.41, 5.74) is 1.92. The summed E-state index contributed by atoms with van der Waals surface area (Å²) >= 11 is 0. The summed E-state index contributed by atoms with van der Waals surface area (Å²) in [7, 11) is -2.07. The van der Waals surface area contributed by atoms with Crippen LogP contribution in [0, 0.1) is 0 Å². The number of hydrogen-bond acceptors (Lipinski definition) is 6. The highest BCUT2D eigenvalue weighted by atomic mass is 32.2. The number of carbonyl (C=O) groups excluding carboxylic acids is 3. The second-order valence-electron chi connectivity index (χ2n) is 8.21. The molecule has 2 saturated heterocycles. The third-order valence-electron chi connectivity index (χ3n) is 6.25. The Kier molecular flexibility index (Phi) is 6.11. The van der Waals surface area contributed by atoms with Gasteiger partial charge in [-0.15, -0.1) is 0 Å². The first kappa shape index (κ1) is 21.9. The van der Waals surface area contributed by atoms with Crippen LogP contribution in [0.15, 0.2) is 18.2 Å². The standard InChI is InChI=1S/C20H27N5O5S/c1-24(15-6-8-21-9-7-15)31(29,30)22-11-13-2-3-14-12-25(20(28)16(14)10-13)17-4-5-18(26)23-19(17)27/h2-3,10,15,17,21-22H,4-9,11-12H2,1H3,(H,23,26,27). The fourth-order valence-corrected chi connectivity index (χ4v) is 5.51. The van der Waals surface area contributed by atoms with Crippen molar-refractivity contribution < 1.29 is 22.8 Å². The van der Waals surface area contributed by atoms with Gasteiger partial charge in [0.25, 0.3) is 16.1 Å². The minimum absolute atomic E-state index is 0.0394. The third-order valence-corrected chi connectivity index (χ3v) is 7.82. The molecule has 3 heterocycles. The molecule has 0 aromatic heterocycles. The van der Waals surface area contributed by atoms with Crippen molar-refractivity contribution in [3.63, 3.8) is 0 Å². The van der Waals surface area contributed by atoms with Crippen LogP contribution in [0.25, 0.3) is 0 Å². The Hall–Kier alpha value is -2.34. The molecule has 0 spiro atoms. The predicted octanol–water partition coefficient (Wildman–Crippen LogP) is -0.534. The minimum atomic E-state index is -3.65. The van der Waals surface area contributed by atoms with Crippen LogP contribution in [-0.4, -0.2) is 67.6 Å². The average molecular weight is 450 g/mol. The van der Waals surface area contributed by atoms with Crippen molar-refractivity contribution >= 4 is 27.9 Å². The molecule has 0 radical (unpaired) electrons. The number of fused-ring (bicyclic) bond motifs is 1. The number of nitrogens with zero attached hydrogens (tertiary/aromatic N) is 2. The number of rotatable bonds is 6. The van der Waals surface area contributed by atoms with E-state index in [1.54, 1.807) is 25.2 Å². The first-order valence-corrected chi connectivity index (χ1v) is 11.9. The molecule has 0 aliphatic carbocycles. The van der Waals surface area contributed by atoms with Crippen molar-refractivity contribution in [2.45, 2.75) is 50.9 Å². The maximum atomic E-state index is 12.9. The molecule has 0 bridgehead atoms. The van der Waals surface area contributed by atoms with Gasteiger partial charge in [-0.2, -0.15) is 17.4 Å². The SMILES string of the molecule is CN(C1CCNCC1)S(=O)(=O)NCc1ccc2c(c1)C(=O)N(C1CCC(=O)NC1=O)C2. The van der Waals surface area contributed by atoms with Crippen molar-refractivity contribution in [1.29, 1.82) is 0 Å². The Morgan fingerprint density at radius 1 is 1.16 bits per heavy atom. The van der Waals surface area contributed by atoms with Gasteiger partial charge in [0.05, 0.1) is 0 Å². The Bertz CT molecular complexity index is 1010. The van der Waals surface area contributed by atoms with Crippen molar-refractivity contribution in [2.75, 3.05) is 20.1 Å². The molecule has 11 heteroatoms. The molecule has 2 fully saturated rings. The number of piperidine rings is 2. The second-order valence-corrected chi connectivity index (χ2v) is 10.0. The Balaban J connectivity index is 1.42. The van der Waals surface area contributed by atoms with Crippen molar-refractivity contribution in [3.05, 3.63) is 34.9 Å². The first-order valence-electron chi connectivity index (χ1n) is 10.5. The highest BCUT2D eigenvalue weighted by Crippen LogP contribution is 2.28. The predicted molar refractivity (Wildman–Crippen MR) is 112 cm³/mol. The van der Waals surface area contributed by atoms with E-state index in [2.05, 4.69) is 15.4 Å². The smallest absolute Gasteiger partial charge is 0.279 e. The van der Waals surface area contributed by atoms with Gasteiger partial charge in [0.15, 0.2) is 0 Å². The fourth-order valence-electron chi connectivity index (χ4n) is 4.35. The van der Waals surface area contributed by atoms with E-state index >= 15 is 0 Å². The number of hydrogen-bond donors (Lipinski definition) is 3. The van der Waals surface area contributed by atoms with Crippen molar-refractivity contribution in [2.24, 2.45) is 0 Å². The summed E-state index contributed by atoms with van der Waals surface area (Å²) in [6.07, 6.45) is 2.04. The number of amides is 3. The normalized spacial score (nSPS) is 22.7. The fraction of sp³-hybridized carbons (Fsp3) is 0.550. The van der Waals surface area contributed by atoms with Crippen LogP contribution in [0.1, 0.15) is 47.2 Å². The van der Waals surface area contributed by atoms with Gasteiger partial charge in [-0.3, -0.25) is 19.7 Å². The van der Waals surface area contributed by atoms with E-state index in [9.17, 15) is 22.8 Å². The summed E-state index contributed by atoms with van der Waals surface area (Å²) in [5, 5.41) is 5.50. The maximum absolute atomic E-state index is 12.9. The van der Waals surface area contributed by atoms with Crippen LogP contribution in [0.5, 0.6) is 0 Å². The van der Waals surface area contributed by atoms with E-state index in [4.69, 9.17) is 0 Å². The lowest BCUT2D eigenvalue weighted by atomic mass is 10.0. The zero-order valence-corrected chi connectivity index (χ0v) is 18.2. The summed E-state index contributed by atoms with van der Waals surface area (Å²) in [5.74, 6) is -1.05. The van der Waals surface area contributed by atoms with E-state index in [0.717, 1.165) is 31.5 Å². The van der Waals surface area contributed by atoms with Crippen molar-refractivity contribution in [3.8, 4) is 0 Å². The van der Waals surface area contributed by atoms with Crippen LogP contribution in [0.3, 0.4) is 0 Å². The highest BCUT2D eigenvalue weighted by molar-refractivity contribution is 7.87. The van der Waals surface area contributed by atoms with E-state index in [-0.39, 0.29) is 30.8 Å². The lowest BCUT2D eigenvalue weighted by Crippen LogP contribution is -2.52. The molecule has 10 nitrogen and oxygen atoms in total. The number of benzene rings is 1. The molecule has 4 rings (SSSR count). The topological polar surface area (TPSA) is 128 Å². The summed E-state index contributed by atoms with van der Waals surface area (Å²) in [6, 6.07) is 4.55. The summed E-state index contributed by atoms with van der Waals surface area (Å²) in [6.45, 7) is 1.95. The van der Waals surface area contributed by atoms with Gasteiger partial charge in [-0.1, -0.05) is 12.1 Å². The molecule has 1 unspecified atom stereocenters. The molecule has 3 aliphatic rings. The zero-order valence-electron chi connectivity index (χ0n) is 17.4. The molecule has 3 amide bonds. The van der Waals surface area contributed by atoms with E-state index < -0.39 is 22.2 Å². The number of imide groups is 1. The summed E-state index contributed by atoms with van der Waals surface area (Å²) < 4.78 is 29.3. The van der Waals surface area contributed by atoms with Crippen LogP contribution >= 0.6 is 0 Å². The Morgan fingerprint density at radius 3 is 2.61 bits per heavy atom. The average Bonchev–Trinajstić information content (AvgIpc) is 3.08. The van der Waals surface area contributed by atoms with E-state index in [0.29, 0.717) is 24.1 Å². The monoisotopic (exact) mass is 449 g/mol. The molecule has 168 valence electrons. The van der Waals surface area contributed by atoms with Crippen LogP contribution in [0.2, 0.25) is 0 Å². The lowest BCUT2D eigenvalue weighted by molar-refractivity contribution is -0.136. The largest absolute Gasteiger partial charge is 0.322 e. The first-order chi connectivity index (χ1) is 14.8. The highest BCUT2D eigenvalue weighted by Gasteiger charge is 2.39. The molecule has 31 heavy (non-hydrogen) atoms. The molecule has 3 N–H and O–H groups in total. The van der Waals surface area contributed by atoms with Gasteiger partial charge in [-0.05, 0) is 49.5 Å². The lowest BCUT2D eigenvalue weighted by Gasteiger charge is -2.30. The van der Waals surface area contributed by atoms with Gasteiger partial charge in [0.2, 0.25) is 11.8 Å². The van der Waals surface area contributed by atoms with Crippen LogP contribution in [0.4, 0.5) is 0 Å². The van der Waals surface area contributed by atoms with Crippen LogP contribution in [-0.2, 0) is 32.9 Å². The second kappa shape index (κ2) is 8.65. The van der Waals surface area contributed by atoms with E-state index in [1.807, 2.05) is 0 Å². The Labute approximate surface area is 181 Å². The van der Waals surface area contributed by atoms with E-state index in [1.165, 1.54) is 9.21 Å². The molecular formula is C20H27N5O5S. The molecule has 1 atom stereocenters. The van der Waals surface area contributed by atoms with Gasteiger partial charge in [0.1, 0.15) is 6.04 Å². The molecule has 3 aliphatic heterocycles. The minimum Gasteiger partial charge on any atom is -0.322 e. The number of carbonyl (C=O) groups is 3. The van der Waals surface area contributed by atoms with Gasteiger partial charge < -0.3 is 10.2 Å². The molecule has 0 saturated carbocycles. The number of nitrogens with one attached hydrogen (secondary N) is 3. The van der Waals surface area contributed by atoms with Crippen LogP contribution < -0.4 is 15.4 Å².